The molecule has 2 unspecified atom stereocenters. The van der Waals surface area contributed by atoms with Crippen LogP contribution in [-0.4, -0.2) is 30.3 Å². The van der Waals surface area contributed by atoms with E-state index in [1.807, 2.05) is 0 Å². The van der Waals surface area contributed by atoms with Crippen molar-refractivity contribution in [2.45, 2.75) is 69.9 Å². The van der Waals surface area contributed by atoms with Gasteiger partial charge in [-0.25, -0.2) is 0 Å². The minimum atomic E-state index is 0.153. The molecule has 0 aromatic carbocycles. The maximum absolute atomic E-state index is 8.71. The van der Waals surface area contributed by atoms with Crippen molar-refractivity contribution in [2.75, 3.05) is 13.2 Å². The summed E-state index contributed by atoms with van der Waals surface area (Å²) in [7, 11) is 0. The lowest BCUT2D eigenvalue weighted by atomic mass is 10.0. The van der Waals surface area contributed by atoms with E-state index < -0.39 is 0 Å². The monoisotopic (exact) mass is 245 g/mol. The second kappa shape index (κ2) is 12.3. The second-order valence-electron chi connectivity index (χ2n) is 4.95. The van der Waals surface area contributed by atoms with Crippen molar-refractivity contribution < 1.29 is 5.11 Å². The van der Waals surface area contributed by atoms with Gasteiger partial charge in [-0.1, -0.05) is 25.7 Å². The number of aliphatic hydroxyl groups is 1. The van der Waals surface area contributed by atoms with E-state index in [1.54, 1.807) is 0 Å². The largest absolute Gasteiger partial charge is 0.396 e. The molecule has 17 heavy (non-hydrogen) atoms. The molecule has 0 amide bonds. The molecule has 0 aliphatic carbocycles. The van der Waals surface area contributed by atoms with Crippen molar-refractivity contribution >= 4 is 0 Å². The highest BCUT2D eigenvalue weighted by Crippen LogP contribution is 2.10. The van der Waals surface area contributed by atoms with Crippen LogP contribution in [0.1, 0.15) is 57.8 Å². The molecule has 0 saturated carbocycles. The zero-order valence-corrected chi connectivity index (χ0v) is 11.1. The summed E-state index contributed by atoms with van der Waals surface area (Å²) < 4.78 is 0. The Balaban J connectivity index is 3.23. The second-order valence-corrected chi connectivity index (χ2v) is 4.95. The van der Waals surface area contributed by atoms with Gasteiger partial charge in [0.15, 0.2) is 0 Å². The van der Waals surface area contributed by atoms with Crippen LogP contribution in [0.5, 0.6) is 0 Å². The first-order valence-electron chi connectivity index (χ1n) is 7.02. The van der Waals surface area contributed by atoms with E-state index in [9.17, 15) is 0 Å². The summed E-state index contributed by atoms with van der Waals surface area (Å²) in [6.45, 7) is 0.986. The molecule has 4 heteroatoms. The lowest BCUT2D eigenvalue weighted by molar-refractivity contribution is 0.271. The fourth-order valence-electron chi connectivity index (χ4n) is 2.00. The van der Waals surface area contributed by atoms with E-state index in [0.29, 0.717) is 12.5 Å². The summed E-state index contributed by atoms with van der Waals surface area (Å²) in [6.07, 6.45) is 9.70. The summed E-state index contributed by atoms with van der Waals surface area (Å²) in [5.74, 6) is 0. The third kappa shape index (κ3) is 12.1. The smallest absolute Gasteiger partial charge is 0.0445 e. The number of rotatable bonds is 12. The quantitative estimate of drug-likeness (QED) is 0.387. The Bertz CT molecular complexity index is 156. The van der Waals surface area contributed by atoms with E-state index in [-0.39, 0.29) is 12.6 Å². The van der Waals surface area contributed by atoms with Gasteiger partial charge in [-0.15, -0.1) is 0 Å². The summed E-state index contributed by atoms with van der Waals surface area (Å²) in [6, 6.07) is 0.489. The van der Waals surface area contributed by atoms with E-state index in [0.717, 1.165) is 45.1 Å². The van der Waals surface area contributed by atoms with Gasteiger partial charge in [0.2, 0.25) is 0 Å². The Labute approximate surface area is 106 Å². The van der Waals surface area contributed by atoms with Crippen LogP contribution in [-0.2, 0) is 0 Å². The highest BCUT2D eigenvalue weighted by molar-refractivity contribution is 4.64. The van der Waals surface area contributed by atoms with Gasteiger partial charge in [0, 0.05) is 18.7 Å². The van der Waals surface area contributed by atoms with E-state index in [1.165, 1.54) is 12.8 Å². The van der Waals surface area contributed by atoms with E-state index in [2.05, 4.69) is 0 Å². The molecule has 0 bridgehead atoms. The number of nitrogens with two attached hydrogens (primary N) is 3. The third-order valence-corrected chi connectivity index (χ3v) is 3.18. The van der Waals surface area contributed by atoms with Crippen LogP contribution in [0.4, 0.5) is 0 Å². The van der Waals surface area contributed by atoms with E-state index >= 15 is 0 Å². The summed E-state index contributed by atoms with van der Waals surface area (Å²) in [5, 5.41) is 8.71. The van der Waals surface area contributed by atoms with Crippen LogP contribution in [0, 0.1) is 0 Å². The highest BCUT2D eigenvalue weighted by atomic mass is 16.3. The molecule has 0 heterocycles. The summed E-state index contributed by atoms with van der Waals surface area (Å²) in [5.41, 5.74) is 17.3. The molecule has 0 spiro atoms. The molecule has 0 aromatic heterocycles. The molecule has 0 aliphatic rings. The fraction of sp³-hybridized carbons (Fsp3) is 1.00. The number of hydrogen-bond donors (Lipinski definition) is 4. The third-order valence-electron chi connectivity index (χ3n) is 3.18. The van der Waals surface area contributed by atoms with Crippen molar-refractivity contribution in [3.05, 3.63) is 0 Å². The first-order valence-corrected chi connectivity index (χ1v) is 7.02. The first-order chi connectivity index (χ1) is 8.20. The Hall–Kier alpha value is -0.160. The average Bonchev–Trinajstić information content (AvgIpc) is 2.31. The van der Waals surface area contributed by atoms with Crippen LogP contribution in [0.15, 0.2) is 0 Å². The minimum Gasteiger partial charge on any atom is -0.396 e. The maximum atomic E-state index is 8.71. The van der Waals surface area contributed by atoms with Gasteiger partial charge in [-0.2, -0.15) is 0 Å². The van der Waals surface area contributed by atoms with Crippen LogP contribution in [0.3, 0.4) is 0 Å². The van der Waals surface area contributed by atoms with Gasteiger partial charge in [0.25, 0.3) is 0 Å². The van der Waals surface area contributed by atoms with Gasteiger partial charge in [0.05, 0.1) is 0 Å². The zero-order valence-electron chi connectivity index (χ0n) is 11.1. The molecule has 0 fully saturated rings. The minimum absolute atomic E-state index is 0.153. The van der Waals surface area contributed by atoms with Crippen LogP contribution in [0.2, 0.25) is 0 Å². The normalized spacial score (nSPS) is 14.8. The lowest BCUT2D eigenvalue weighted by Gasteiger charge is -2.13. The predicted octanol–water partition coefficient (Wildman–Crippen LogP) is 1.10. The van der Waals surface area contributed by atoms with Crippen molar-refractivity contribution in [3.63, 3.8) is 0 Å². The first kappa shape index (κ1) is 16.8. The average molecular weight is 245 g/mol. The molecule has 0 aromatic rings. The Morgan fingerprint density at radius 3 is 1.65 bits per heavy atom. The van der Waals surface area contributed by atoms with Crippen molar-refractivity contribution in [1.82, 2.24) is 0 Å². The molecule has 104 valence electrons. The van der Waals surface area contributed by atoms with Crippen LogP contribution in [0.25, 0.3) is 0 Å². The van der Waals surface area contributed by atoms with Crippen LogP contribution < -0.4 is 17.2 Å². The summed E-state index contributed by atoms with van der Waals surface area (Å²) in [4.78, 5) is 0. The zero-order chi connectivity index (χ0) is 12.9. The Morgan fingerprint density at radius 2 is 1.18 bits per heavy atom. The van der Waals surface area contributed by atoms with Crippen LogP contribution >= 0.6 is 0 Å². The highest BCUT2D eigenvalue weighted by Gasteiger charge is 2.04. The van der Waals surface area contributed by atoms with Crippen molar-refractivity contribution in [1.29, 1.82) is 0 Å². The molecule has 0 saturated heterocycles. The molecule has 0 aliphatic heterocycles. The maximum Gasteiger partial charge on any atom is 0.0445 e. The van der Waals surface area contributed by atoms with Gasteiger partial charge in [-0.3, -0.25) is 0 Å². The van der Waals surface area contributed by atoms with Crippen molar-refractivity contribution in [3.8, 4) is 0 Å². The predicted molar refractivity (Wildman–Crippen MR) is 73.6 cm³/mol. The van der Waals surface area contributed by atoms with Crippen molar-refractivity contribution in [2.24, 2.45) is 17.2 Å². The van der Waals surface area contributed by atoms with Gasteiger partial charge >= 0.3 is 0 Å². The lowest BCUT2D eigenvalue weighted by Crippen LogP contribution is -2.22. The number of aliphatic hydroxyl groups excluding tert-OH is 1. The molecular formula is C13H31N3O. The van der Waals surface area contributed by atoms with Gasteiger partial charge in [0.1, 0.15) is 0 Å². The Morgan fingerprint density at radius 1 is 0.706 bits per heavy atom. The number of hydrogen-bond acceptors (Lipinski definition) is 4. The molecule has 0 radical (unpaired) electrons. The summed E-state index contributed by atoms with van der Waals surface area (Å²) >= 11 is 0. The van der Waals surface area contributed by atoms with Gasteiger partial charge < -0.3 is 22.3 Å². The molecule has 2 atom stereocenters. The topological polar surface area (TPSA) is 98.3 Å². The standard InChI is InChI=1S/C13H31N3O/c14-10-5-1-2-6-12(15)7-3-4-8-13(16)9-11-17/h12-13,17H,1-11,14-16H2. The SMILES string of the molecule is NCCCCCC(N)CCCCC(N)CCO. The molecule has 4 nitrogen and oxygen atoms in total. The van der Waals surface area contributed by atoms with E-state index in [4.69, 9.17) is 22.3 Å². The fourth-order valence-corrected chi connectivity index (χ4v) is 2.00. The molecule has 0 rings (SSSR count). The Kier molecular flexibility index (Phi) is 12.2. The molecular weight excluding hydrogens is 214 g/mol. The number of unbranched alkanes of at least 4 members (excludes halogenated alkanes) is 3. The van der Waals surface area contributed by atoms with Gasteiger partial charge in [-0.05, 0) is 38.6 Å². The molecule has 7 N–H and O–H groups in total.